The van der Waals surface area contributed by atoms with Crippen molar-refractivity contribution in [3.63, 3.8) is 0 Å². The van der Waals surface area contributed by atoms with Crippen molar-refractivity contribution < 1.29 is 4.39 Å². The van der Waals surface area contributed by atoms with E-state index >= 15 is 0 Å². The average Bonchev–Trinajstić information content (AvgIpc) is 2.17. The number of benzene rings is 1. The van der Waals surface area contributed by atoms with Crippen LogP contribution in [-0.2, 0) is 0 Å². The maximum absolute atomic E-state index is 13.6. The molecule has 0 spiro atoms. The molecule has 1 aliphatic heterocycles. The van der Waals surface area contributed by atoms with E-state index in [2.05, 4.69) is 12.2 Å². The highest BCUT2D eigenvalue weighted by Gasteiger charge is 2.18. The minimum Gasteiger partial charge on any atom is -0.366 e. The van der Waals surface area contributed by atoms with Crippen molar-refractivity contribution >= 4 is 17.3 Å². The summed E-state index contributed by atoms with van der Waals surface area (Å²) >= 11 is 5.71. The summed E-state index contributed by atoms with van der Waals surface area (Å²) in [5.74, 6) is -0.239. The highest BCUT2D eigenvalue weighted by Crippen LogP contribution is 2.23. The highest BCUT2D eigenvalue weighted by atomic mass is 35.5. The van der Waals surface area contributed by atoms with Crippen LogP contribution >= 0.6 is 11.6 Å². The van der Waals surface area contributed by atoms with Crippen LogP contribution in [-0.4, -0.2) is 25.7 Å². The highest BCUT2D eigenvalue weighted by molar-refractivity contribution is 6.30. The van der Waals surface area contributed by atoms with Gasteiger partial charge in [0.15, 0.2) is 0 Å². The van der Waals surface area contributed by atoms with Gasteiger partial charge in [0.05, 0.1) is 5.69 Å². The van der Waals surface area contributed by atoms with Crippen LogP contribution in [0.3, 0.4) is 0 Å². The maximum atomic E-state index is 13.6. The van der Waals surface area contributed by atoms with Gasteiger partial charge in [0, 0.05) is 30.7 Å². The largest absolute Gasteiger partial charge is 0.366 e. The number of nitrogens with zero attached hydrogens (tertiary/aromatic N) is 1. The first-order valence-corrected chi connectivity index (χ1v) is 5.48. The Morgan fingerprint density at radius 1 is 1.53 bits per heavy atom. The van der Waals surface area contributed by atoms with E-state index in [1.54, 1.807) is 12.1 Å². The molecule has 1 aromatic rings. The molecule has 1 aromatic carbocycles. The standard InChI is InChI=1S/C11H14ClFN2/c1-8-7-15(5-4-14-8)11-3-2-9(12)6-10(11)13/h2-3,6,8,14H,4-5,7H2,1H3. The lowest BCUT2D eigenvalue weighted by Gasteiger charge is -2.33. The molecule has 1 aliphatic rings. The lowest BCUT2D eigenvalue weighted by atomic mass is 10.2. The summed E-state index contributed by atoms with van der Waals surface area (Å²) in [6.07, 6.45) is 0. The molecule has 1 fully saturated rings. The molecule has 0 radical (unpaired) electrons. The molecule has 1 N–H and O–H groups in total. The molecule has 1 unspecified atom stereocenters. The molecule has 1 saturated heterocycles. The van der Waals surface area contributed by atoms with Gasteiger partial charge < -0.3 is 10.2 Å². The second-order valence-electron chi connectivity index (χ2n) is 3.90. The molecule has 0 bridgehead atoms. The maximum Gasteiger partial charge on any atom is 0.147 e. The van der Waals surface area contributed by atoms with Crippen LogP contribution in [0.4, 0.5) is 10.1 Å². The van der Waals surface area contributed by atoms with Gasteiger partial charge in [-0.15, -0.1) is 0 Å². The van der Waals surface area contributed by atoms with E-state index < -0.39 is 0 Å². The Morgan fingerprint density at radius 2 is 2.33 bits per heavy atom. The van der Waals surface area contributed by atoms with Gasteiger partial charge in [-0.05, 0) is 25.1 Å². The molecule has 0 aliphatic carbocycles. The number of anilines is 1. The molecular formula is C11H14ClFN2. The zero-order valence-electron chi connectivity index (χ0n) is 8.63. The van der Waals surface area contributed by atoms with Crippen LogP contribution in [0.1, 0.15) is 6.92 Å². The van der Waals surface area contributed by atoms with E-state index in [1.165, 1.54) is 6.07 Å². The first kappa shape index (κ1) is 10.7. The van der Waals surface area contributed by atoms with Crippen LogP contribution in [0.25, 0.3) is 0 Å². The zero-order valence-corrected chi connectivity index (χ0v) is 9.39. The van der Waals surface area contributed by atoms with E-state index in [1.807, 2.05) is 4.90 Å². The Hall–Kier alpha value is -0.800. The first-order valence-electron chi connectivity index (χ1n) is 5.10. The second-order valence-corrected chi connectivity index (χ2v) is 4.33. The zero-order chi connectivity index (χ0) is 10.8. The number of hydrogen-bond donors (Lipinski definition) is 1. The monoisotopic (exact) mass is 228 g/mol. The summed E-state index contributed by atoms with van der Waals surface area (Å²) in [5, 5.41) is 3.77. The fourth-order valence-electron chi connectivity index (χ4n) is 1.89. The van der Waals surface area contributed by atoms with Crippen LogP contribution in [0.5, 0.6) is 0 Å². The summed E-state index contributed by atoms with van der Waals surface area (Å²) in [5.41, 5.74) is 0.646. The van der Waals surface area contributed by atoms with E-state index in [9.17, 15) is 4.39 Å². The summed E-state index contributed by atoms with van der Waals surface area (Å²) in [7, 11) is 0. The predicted octanol–water partition coefficient (Wildman–Crippen LogP) is 2.28. The van der Waals surface area contributed by atoms with Gasteiger partial charge in [-0.2, -0.15) is 0 Å². The Morgan fingerprint density at radius 3 is 3.00 bits per heavy atom. The van der Waals surface area contributed by atoms with Gasteiger partial charge in [0.2, 0.25) is 0 Å². The molecule has 2 nitrogen and oxygen atoms in total. The number of piperazine rings is 1. The molecule has 0 aromatic heterocycles. The van der Waals surface area contributed by atoms with Gasteiger partial charge >= 0.3 is 0 Å². The lowest BCUT2D eigenvalue weighted by Crippen LogP contribution is -2.49. The van der Waals surface area contributed by atoms with Gasteiger partial charge in [0.25, 0.3) is 0 Å². The quantitative estimate of drug-likeness (QED) is 0.794. The van der Waals surface area contributed by atoms with Gasteiger partial charge in [0.1, 0.15) is 5.82 Å². The third kappa shape index (κ3) is 2.41. The average molecular weight is 229 g/mol. The molecule has 0 amide bonds. The van der Waals surface area contributed by atoms with Crippen molar-refractivity contribution in [2.24, 2.45) is 0 Å². The molecule has 1 atom stereocenters. The Labute approximate surface area is 94.0 Å². The van der Waals surface area contributed by atoms with Gasteiger partial charge in [-0.25, -0.2) is 4.39 Å². The third-order valence-electron chi connectivity index (χ3n) is 2.62. The van der Waals surface area contributed by atoms with Crippen molar-refractivity contribution in [1.29, 1.82) is 0 Å². The number of nitrogens with one attached hydrogen (secondary N) is 1. The fourth-order valence-corrected chi connectivity index (χ4v) is 2.05. The first-order chi connectivity index (χ1) is 7.16. The molecule has 2 rings (SSSR count). The summed E-state index contributed by atoms with van der Waals surface area (Å²) in [4.78, 5) is 2.05. The van der Waals surface area contributed by atoms with Crippen molar-refractivity contribution in [2.75, 3.05) is 24.5 Å². The smallest absolute Gasteiger partial charge is 0.147 e. The molecule has 1 heterocycles. The van der Waals surface area contributed by atoms with E-state index in [0.717, 1.165) is 19.6 Å². The second kappa shape index (κ2) is 4.37. The third-order valence-corrected chi connectivity index (χ3v) is 2.85. The van der Waals surface area contributed by atoms with Crippen molar-refractivity contribution in [3.05, 3.63) is 29.0 Å². The van der Waals surface area contributed by atoms with Crippen molar-refractivity contribution in [1.82, 2.24) is 5.32 Å². The molecule has 4 heteroatoms. The van der Waals surface area contributed by atoms with E-state index in [-0.39, 0.29) is 5.82 Å². The molecule has 15 heavy (non-hydrogen) atoms. The number of rotatable bonds is 1. The molecule has 82 valence electrons. The summed E-state index contributed by atoms with van der Waals surface area (Å²) in [6, 6.07) is 5.24. The number of halogens is 2. The SMILES string of the molecule is CC1CN(c2ccc(Cl)cc2F)CCN1. The minimum atomic E-state index is -0.239. The van der Waals surface area contributed by atoms with Crippen LogP contribution in [0.15, 0.2) is 18.2 Å². The van der Waals surface area contributed by atoms with Crippen molar-refractivity contribution in [2.45, 2.75) is 13.0 Å². The molecule has 0 saturated carbocycles. The number of hydrogen-bond acceptors (Lipinski definition) is 2. The van der Waals surface area contributed by atoms with E-state index in [0.29, 0.717) is 16.8 Å². The van der Waals surface area contributed by atoms with Gasteiger partial charge in [-0.3, -0.25) is 0 Å². The Kier molecular flexibility index (Phi) is 3.12. The normalized spacial score (nSPS) is 21.8. The minimum absolute atomic E-state index is 0.239. The fraction of sp³-hybridized carbons (Fsp3) is 0.455. The Bertz CT molecular complexity index is 356. The van der Waals surface area contributed by atoms with Gasteiger partial charge in [-0.1, -0.05) is 11.6 Å². The van der Waals surface area contributed by atoms with Crippen molar-refractivity contribution in [3.8, 4) is 0 Å². The predicted molar refractivity (Wildman–Crippen MR) is 61.1 cm³/mol. The summed E-state index contributed by atoms with van der Waals surface area (Å²) in [6.45, 7) is 4.66. The Balaban J connectivity index is 2.21. The topological polar surface area (TPSA) is 15.3 Å². The van der Waals surface area contributed by atoms with Crippen LogP contribution in [0.2, 0.25) is 5.02 Å². The van der Waals surface area contributed by atoms with E-state index in [4.69, 9.17) is 11.6 Å². The lowest BCUT2D eigenvalue weighted by molar-refractivity contribution is 0.478. The summed E-state index contributed by atoms with van der Waals surface area (Å²) < 4.78 is 13.6. The molecular weight excluding hydrogens is 215 g/mol. The van der Waals surface area contributed by atoms with Crippen LogP contribution in [0, 0.1) is 5.82 Å². The van der Waals surface area contributed by atoms with Crippen LogP contribution < -0.4 is 10.2 Å².